The van der Waals surface area contributed by atoms with Crippen LogP contribution in [-0.4, -0.2) is 43.4 Å². The second-order valence-electron chi connectivity index (χ2n) is 9.12. The van der Waals surface area contributed by atoms with E-state index in [-0.39, 0.29) is 11.7 Å². The summed E-state index contributed by atoms with van der Waals surface area (Å²) in [5.41, 5.74) is 0.478. The van der Waals surface area contributed by atoms with Crippen molar-refractivity contribution in [1.82, 2.24) is 19.7 Å². The molecule has 0 N–H and O–H groups in total. The second kappa shape index (κ2) is 8.33. The fraction of sp³-hybridized carbons (Fsp3) is 0.609. The maximum Gasteiger partial charge on any atom is 0.233 e. The van der Waals surface area contributed by atoms with E-state index in [1.54, 1.807) is 12.1 Å². The highest BCUT2D eigenvalue weighted by Gasteiger charge is 2.38. The lowest BCUT2D eigenvalue weighted by atomic mass is 9.86. The Bertz CT molecular complexity index is 916. The maximum atomic E-state index is 14.3. The minimum atomic E-state index is -0.286. The van der Waals surface area contributed by atoms with Crippen LogP contribution in [0.3, 0.4) is 0 Å². The Kier molecular flexibility index (Phi) is 5.56. The van der Waals surface area contributed by atoms with Gasteiger partial charge in [-0.2, -0.15) is 0 Å². The van der Waals surface area contributed by atoms with E-state index in [4.69, 9.17) is 0 Å². The van der Waals surface area contributed by atoms with Crippen LogP contribution in [0.1, 0.15) is 64.3 Å². The van der Waals surface area contributed by atoms with Gasteiger partial charge in [0, 0.05) is 18.1 Å². The molecule has 3 saturated carbocycles. The first-order chi connectivity index (χ1) is 14.6. The third kappa shape index (κ3) is 4.13. The SMILES string of the molecule is CC1CCC(N(C(=O)CSc2nnc(-c3ccccc3F)n2C2CC2)C2CC2)CC1. The summed E-state index contributed by atoms with van der Waals surface area (Å²) in [6, 6.07) is 7.85. The van der Waals surface area contributed by atoms with E-state index >= 15 is 0 Å². The normalized spacial score (nSPS) is 24.1. The number of carbonyl (C=O) groups excluding carboxylic acids is 1. The molecule has 0 bridgehead atoms. The Labute approximate surface area is 181 Å². The summed E-state index contributed by atoms with van der Waals surface area (Å²) in [4.78, 5) is 15.4. The van der Waals surface area contributed by atoms with Crippen LogP contribution in [0.4, 0.5) is 4.39 Å². The molecule has 0 atom stereocenters. The van der Waals surface area contributed by atoms with Crippen LogP contribution in [0, 0.1) is 11.7 Å². The zero-order valence-electron chi connectivity index (χ0n) is 17.5. The lowest BCUT2D eigenvalue weighted by Crippen LogP contribution is -2.44. The number of aromatic nitrogens is 3. The van der Waals surface area contributed by atoms with Crippen LogP contribution in [0.25, 0.3) is 11.4 Å². The zero-order valence-corrected chi connectivity index (χ0v) is 18.3. The van der Waals surface area contributed by atoms with E-state index in [0.29, 0.717) is 35.3 Å². The number of rotatable bonds is 7. The first-order valence-electron chi connectivity index (χ1n) is 11.3. The molecule has 30 heavy (non-hydrogen) atoms. The summed E-state index contributed by atoms with van der Waals surface area (Å²) in [6.07, 6.45) is 9.07. The molecule has 1 aromatic carbocycles. The topological polar surface area (TPSA) is 51.0 Å². The molecule has 7 heteroatoms. The van der Waals surface area contributed by atoms with Crippen LogP contribution in [0.15, 0.2) is 29.4 Å². The fourth-order valence-corrected chi connectivity index (χ4v) is 5.52. The molecule has 1 amide bonds. The molecule has 0 unspecified atom stereocenters. The molecular formula is C23H29FN4OS. The monoisotopic (exact) mass is 428 g/mol. The van der Waals surface area contributed by atoms with Gasteiger partial charge in [0.2, 0.25) is 5.91 Å². The molecule has 2 aromatic rings. The van der Waals surface area contributed by atoms with E-state index in [2.05, 4.69) is 22.0 Å². The van der Waals surface area contributed by atoms with Gasteiger partial charge in [-0.1, -0.05) is 30.8 Å². The molecule has 0 saturated heterocycles. The van der Waals surface area contributed by atoms with Crippen molar-refractivity contribution in [2.75, 3.05) is 5.75 Å². The molecule has 3 fully saturated rings. The van der Waals surface area contributed by atoms with Crippen molar-refractivity contribution in [3.8, 4) is 11.4 Å². The lowest BCUT2D eigenvalue weighted by Gasteiger charge is -2.36. The molecule has 5 rings (SSSR count). The van der Waals surface area contributed by atoms with Gasteiger partial charge in [-0.25, -0.2) is 4.39 Å². The Balaban J connectivity index is 1.31. The summed E-state index contributed by atoms with van der Waals surface area (Å²) in [5.74, 6) is 1.67. The van der Waals surface area contributed by atoms with Crippen LogP contribution >= 0.6 is 11.8 Å². The van der Waals surface area contributed by atoms with Crippen molar-refractivity contribution in [2.45, 2.75) is 81.6 Å². The Morgan fingerprint density at radius 2 is 1.73 bits per heavy atom. The summed E-state index contributed by atoms with van der Waals surface area (Å²) in [5, 5.41) is 9.39. The van der Waals surface area contributed by atoms with Gasteiger partial charge in [0.05, 0.1) is 11.3 Å². The first kappa shape index (κ1) is 20.0. The van der Waals surface area contributed by atoms with Crippen molar-refractivity contribution in [2.24, 2.45) is 5.92 Å². The number of thioether (sulfide) groups is 1. The maximum absolute atomic E-state index is 14.3. The van der Waals surface area contributed by atoms with Gasteiger partial charge in [-0.3, -0.25) is 9.36 Å². The highest BCUT2D eigenvalue weighted by atomic mass is 32.2. The highest BCUT2D eigenvalue weighted by molar-refractivity contribution is 7.99. The van der Waals surface area contributed by atoms with Crippen molar-refractivity contribution in [1.29, 1.82) is 0 Å². The molecule has 160 valence electrons. The molecule has 0 radical (unpaired) electrons. The molecule has 0 aliphatic heterocycles. The van der Waals surface area contributed by atoms with Gasteiger partial charge in [-0.05, 0) is 69.4 Å². The van der Waals surface area contributed by atoms with E-state index in [1.165, 1.54) is 30.7 Å². The molecule has 1 aromatic heterocycles. The number of carbonyl (C=O) groups is 1. The van der Waals surface area contributed by atoms with Gasteiger partial charge in [0.25, 0.3) is 0 Å². The molecule has 1 heterocycles. The zero-order chi connectivity index (χ0) is 20.7. The lowest BCUT2D eigenvalue weighted by molar-refractivity contribution is -0.132. The third-order valence-electron chi connectivity index (χ3n) is 6.62. The van der Waals surface area contributed by atoms with Crippen molar-refractivity contribution >= 4 is 17.7 Å². The first-order valence-corrected chi connectivity index (χ1v) is 12.2. The minimum absolute atomic E-state index is 0.222. The number of nitrogens with zero attached hydrogens (tertiary/aromatic N) is 4. The largest absolute Gasteiger partial charge is 0.336 e. The molecule has 3 aliphatic carbocycles. The van der Waals surface area contributed by atoms with Crippen LogP contribution in [0.2, 0.25) is 0 Å². The average molecular weight is 429 g/mol. The smallest absolute Gasteiger partial charge is 0.233 e. The molecule has 3 aliphatic rings. The molecular weight excluding hydrogens is 399 g/mol. The summed E-state index contributed by atoms with van der Waals surface area (Å²) in [6.45, 7) is 2.31. The summed E-state index contributed by atoms with van der Waals surface area (Å²) < 4.78 is 16.4. The number of amides is 1. The van der Waals surface area contributed by atoms with Crippen molar-refractivity contribution < 1.29 is 9.18 Å². The summed E-state index contributed by atoms with van der Waals surface area (Å²) in [7, 11) is 0. The number of hydrogen-bond acceptors (Lipinski definition) is 4. The van der Waals surface area contributed by atoms with Crippen LogP contribution in [0.5, 0.6) is 0 Å². The molecule has 5 nitrogen and oxygen atoms in total. The second-order valence-corrected chi connectivity index (χ2v) is 10.1. The highest BCUT2D eigenvalue weighted by Crippen LogP contribution is 2.42. The minimum Gasteiger partial charge on any atom is -0.336 e. The van der Waals surface area contributed by atoms with Gasteiger partial charge in [0.1, 0.15) is 5.82 Å². The van der Waals surface area contributed by atoms with Gasteiger partial charge < -0.3 is 4.90 Å². The van der Waals surface area contributed by atoms with E-state index in [0.717, 1.165) is 49.6 Å². The number of benzene rings is 1. The quantitative estimate of drug-likeness (QED) is 0.577. The third-order valence-corrected chi connectivity index (χ3v) is 7.55. The van der Waals surface area contributed by atoms with Crippen molar-refractivity contribution in [3.63, 3.8) is 0 Å². The predicted octanol–water partition coefficient (Wildman–Crippen LogP) is 5.08. The van der Waals surface area contributed by atoms with E-state index in [9.17, 15) is 9.18 Å². The fourth-order valence-electron chi connectivity index (χ4n) is 4.64. The van der Waals surface area contributed by atoms with Crippen LogP contribution < -0.4 is 0 Å². The Morgan fingerprint density at radius 1 is 1.07 bits per heavy atom. The van der Waals surface area contributed by atoms with Crippen LogP contribution in [-0.2, 0) is 4.79 Å². The Morgan fingerprint density at radius 3 is 2.37 bits per heavy atom. The predicted molar refractivity (Wildman–Crippen MR) is 116 cm³/mol. The van der Waals surface area contributed by atoms with Gasteiger partial charge in [0.15, 0.2) is 11.0 Å². The average Bonchev–Trinajstić information content (AvgIpc) is 3.68. The Hall–Kier alpha value is -1.89. The van der Waals surface area contributed by atoms with Gasteiger partial charge >= 0.3 is 0 Å². The summed E-state index contributed by atoms with van der Waals surface area (Å²) >= 11 is 1.46. The van der Waals surface area contributed by atoms with Crippen molar-refractivity contribution in [3.05, 3.63) is 30.1 Å². The van der Waals surface area contributed by atoms with Gasteiger partial charge in [-0.15, -0.1) is 10.2 Å². The molecule has 0 spiro atoms. The number of halogens is 1. The van der Waals surface area contributed by atoms with E-state index in [1.807, 2.05) is 10.6 Å². The van der Waals surface area contributed by atoms with E-state index < -0.39 is 0 Å². The standard InChI is InChI=1S/C23H29FN4OS/c1-15-6-8-16(9-7-15)27(17-10-11-17)21(29)14-30-23-26-25-22(28(23)18-12-13-18)19-4-2-3-5-20(19)24/h2-5,15-18H,6-14H2,1H3. The number of hydrogen-bond donors (Lipinski definition) is 0.